The van der Waals surface area contributed by atoms with Crippen LogP contribution in [0.25, 0.3) is 0 Å². The largest absolute Gasteiger partial charge is 0.507 e. The summed E-state index contributed by atoms with van der Waals surface area (Å²) in [6.07, 6.45) is 1.97. The molecule has 0 aliphatic rings. The molecule has 1 amide bonds. The summed E-state index contributed by atoms with van der Waals surface area (Å²) in [6, 6.07) is 5.20. The molecule has 0 saturated heterocycles. The van der Waals surface area contributed by atoms with E-state index in [1.165, 1.54) is 0 Å². The van der Waals surface area contributed by atoms with Crippen molar-refractivity contribution in [1.29, 1.82) is 0 Å². The van der Waals surface area contributed by atoms with Crippen LogP contribution in [0.3, 0.4) is 0 Å². The summed E-state index contributed by atoms with van der Waals surface area (Å²) in [5.74, 6) is -0.167. The van der Waals surface area contributed by atoms with Crippen molar-refractivity contribution in [1.82, 2.24) is 5.32 Å². The van der Waals surface area contributed by atoms with E-state index in [0.717, 1.165) is 18.4 Å². The molecule has 16 heavy (non-hydrogen) atoms. The van der Waals surface area contributed by atoms with Gasteiger partial charge in [-0.25, -0.2) is 0 Å². The van der Waals surface area contributed by atoms with Gasteiger partial charge in [0.1, 0.15) is 5.75 Å². The lowest BCUT2D eigenvalue weighted by molar-refractivity contribution is 0.0935. The van der Waals surface area contributed by atoms with Crippen LogP contribution in [0.2, 0.25) is 0 Å². The van der Waals surface area contributed by atoms with Gasteiger partial charge in [-0.05, 0) is 38.0 Å². The lowest BCUT2D eigenvalue weighted by atomic mass is 10.1. The van der Waals surface area contributed by atoms with E-state index in [2.05, 4.69) is 12.2 Å². The number of hydrogen-bond donors (Lipinski definition) is 2. The van der Waals surface area contributed by atoms with Crippen LogP contribution in [-0.2, 0) is 0 Å². The summed E-state index contributed by atoms with van der Waals surface area (Å²) in [5, 5.41) is 12.5. The van der Waals surface area contributed by atoms with Crippen LogP contribution in [-0.4, -0.2) is 17.1 Å². The molecular formula is C13H19NO2. The molecule has 1 atom stereocenters. The first-order chi connectivity index (χ1) is 7.54. The van der Waals surface area contributed by atoms with Gasteiger partial charge in [0, 0.05) is 6.04 Å². The molecular weight excluding hydrogens is 202 g/mol. The second kappa shape index (κ2) is 5.54. The molecule has 0 bridgehead atoms. The molecule has 1 aromatic rings. The average molecular weight is 221 g/mol. The fourth-order valence-electron chi connectivity index (χ4n) is 1.64. The average Bonchev–Trinajstić information content (AvgIpc) is 2.17. The molecule has 88 valence electrons. The van der Waals surface area contributed by atoms with E-state index in [9.17, 15) is 9.90 Å². The molecule has 1 rings (SSSR count). The van der Waals surface area contributed by atoms with Crippen molar-refractivity contribution in [3.63, 3.8) is 0 Å². The first-order valence-corrected chi connectivity index (χ1v) is 5.65. The predicted molar refractivity (Wildman–Crippen MR) is 64.7 cm³/mol. The predicted octanol–water partition coefficient (Wildman–Crippen LogP) is 2.62. The van der Waals surface area contributed by atoms with Gasteiger partial charge in [0.2, 0.25) is 0 Å². The molecule has 0 aliphatic carbocycles. The fourth-order valence-corrected chi connectivity index (χ4v) is 1.64. The van der Waals surface area contributed by atoms with Crippen molar-refractivity contribution in [3.05, 3.63) is 29.3 Å². The van der Waals surface area contributed by atoms with Gasteiger partial charge in [0.15, 0.2) is 0 Å². The third kappa shape index (κ3) is 3.26. The molecule has 3 heteroatoms. The van der Waals surface area contributed by atoms with Gasteiger partial charge in [0.05, 0.1) is 5.56 Å². The second-order valence-corrected chi connectivity index (χ2v) is 4.18. The lowest BCUT2D eigenvalue weighted by Gasteiger charge is -2.13. The number of amides is 1. The molecule has 1 aromatic carbocycles. The molecule has 0 radical (unpaired) electrons. The summed E-state index contributed by atoms with van der Waals surface area (Å²) in [4.78, 5) is 11.8. The molecule has 0 saturated carbocycles. The Labute approximate surface area is 96.5 Å². The zero-order valence-electron chi connectivity index (χ0n) is 10.1. The van der Waals surface area contributed by atoms with E-state index in [-0.39, 0.29) is 17.7 Å². The molecule has 1 unspecified atom stereocenters. The maximum absolute atomic E-state index is 11.8. The van der Waals surface area contributed by atoms with Crippen molar-refractivity contribution in [2.75, 3.05) is 0 Å². The third-order valence-electron chi connectivity index (χ3n) is 2.50. The number of aromatic hydroxyl groups is 1. The number of nitrogens with one attached hydrogen (secondary N) is 1. The Bertz CT molecular complexity index is 374. The maximum Gasteiger partial charge on any atom is 0.255 e. The van der Waals surface area contributed by atoms with Gasteiger partial charge < -0.3 is 10.4 Å². The Morgan fingerprint density at radius 3 is 2.75 bits per heavy atom. The highest BCUT2D eigenvalue weighted by molar-refractivity contribution is 5.97. The summed E-state index contributed by atoms with van der Waals surface area (Å²) in [5.41, 5.74) is 1.28. The van der Waals surface area contributed by atoms with Crippen LogP contribution in [0.4, 0.5) is 0 Å². The lowest BCUT2D eigenvalue weighted by Crippen LogP contribution is -2.32. The minimum Gasteiger partial charge on any atom is -0.507 e. The molecule has 0 aliphatic heterocycles. The monoisotopic (exact) mass is 221 g/mol. The van der Waals surface area contributed by atoms with Crippen LogP contribution < -0.4 is 5.32 Å². The molecule has 0 heterocycles. The molecule has 3 nitrogen and oxygen atoms in total. The number of phenolic OH excluding ortho intramolecular Hbond substituents is 1. The normalized spacial score (nSPS) is 12.2. The number of rotatable bonds is 4. The topological polar surface area (TPSA) is 49.3 Å². The maximum atomic E-state index is 11.8. The Balaban J connectivity index is 2.73. The van der Waals surface area contributed by atoms with E-state index >= 15 is 0 Å². The summed E-state index contributed by atoms with van der Waals surface area (Å²) in [7, 11) is 0. The van der Waals surface area contributed by atoms with E-state index in [0.29, 0.717) is 5.56 Å². The SMILES string of the molecule is CCCC(C)NC(=O)c1ccc(C)cc1O. The van der Waals surface area contributed by atoms with E-state index < -0.39 is 0 Å². The van der Waals surface area contributed by atoms with Gasteiger partial charge in [-0.3, -0.25) is 4.79 Å². The number of carbonyl (C=O) groups is 1. The molecule has 2 N–H and O–H groups in total. The van der Waals surface area contributed by atoms with Crippen molar-refractivity contribution in [2.24, 2.45) is 0 Å². The molecule has 0 aromatic heterocycles. The van der Waals surface area contributed by atoms with Gasteiger partial charge in [-0.15, -0.1) is 0 Å². The van der Waals surface area contributed by atoms with E-state index in [4.69, 9.17) is 0 Å². The first-order valence-electron chi connectivity index (χ1n) is 5.65. The summed E-state index contributed by atoms with van der Waals surface area (Å²) in [6.45, 7) is 5.92. The van der Waals surface area contributed by atoms with E-state index in [1.54, 1.807) is 12.1 Å². The standard InChI is InChI=1S/C13H19NO2/c1-4-5-10(3)14-13(16)11-7-6-9(2)8-12(11)15/h6-8,10,15H,4-5H2,1-3H3,(H,14,16). The van der Waals surface area contributed by atoms with Crippen LogP contribution in [0.15, 0.2) is 18.2 Å². The Kier molecular flexibility index (Phi) is 4.35. The zero-order valence-corrected chi connectivity index (χ0v) is 10.1. The molecule has 0 spiro atoms. The summed E-state index contributed by atoms with van der Waals surface area (Å²) < 4.78 is 0. The number of aryl methyl sites for hydroxylation is 1. The van der Waals surface area contributed by atoms with Crippen molar-refractivity contribution < 1.29 is 9.90 Å². The third-order valence-corrected chi connectivity index (χ3v) is 2.50. The highest BCUT2D eigenvalue weighted by atomic mass is 16.3. The number of phenols is 1. The zero-order chi connectivity index (χ0) is 12.1. The second-order valence-electron chi connectivity index (χ2n) is 4.18. The number of benzene rings is 1. The Morgan fingerprint density at radius 2 is 2.19 bits per heavy atom. The Hall–Kier alpha value is -1.51. The van der Waals surface area contributed by atoms with Crippen LogP contribution >= 0.6 is 0 Å². The van der Waals surface area contributed by atoms with Crippen molar-refractivity contribution >= 4 is 5.91 Å². The molecule has 0 fully saturated rings. The smallest absolute Gasteiger partial charge is 0.255 e. The van der Waals surface area contributed by atoms with Crippen LogP contribution in [0.1, 0.15) is 42.6 Å². The van der Waals surface area contributed by atoms with Crippen molar-refractivity contribution in [2.45, 2.75) is 39.7 Å². The van der Waals surface area contributed by atoms with E-state index in [1.807, 2.05) is 19.9 Å². The van der Waals surface area contributed by atoms with Crippen LogP contribution in [0, 0.1) is 6.92 Å². The van der Waals surface area contributed by atoms with Gasteiger partial charge in [0.25, 0.3) is 5.91 Å². The number of hydrogen-bond acceptors (Lipinski definition) is 2. The highest BCUT2D eigenvalue weighted by Gasteiger charge is 2.12. The van der Waals surface area contributed by atoms with Gasteiger partial charge >= 0.3 is 0 Å². The number of carbonyl (C=O) groups excluding carboxylic acids is 1. The van der Waals surface area contributed by atoms with Crippen LogP contribution in [0.5, 0.6) is 5.75 Å². The van der Waals surface area contributed by atoms with Gasteiger partial charge in [-0.2, -0.15) is 0 Å². The minimum absolute atomic E-state index is 0.0428. The fraction of sp³-hybridized carbons (Fsp3) is 0.462. The summed E-state index contributed by atoms with van der Waals surface area (Å²) >= 11 is 0. The Morgan fingerprint density at radius 1 is 1.50 bits per heavy atom. The first kappa shape index (κ1) is 12.6. The quantitative estimate of drug-likeness (QED) is 0.821. The minimum atomic E-state index is -0.210. The van der Waals surface area contributed by atoms with Gasteiger partial charge in [-0.1, -0.05) is 19.4 Å². The highest BCUT2D eigenvalue weighted by Crippen LogP contribution is 2.18. The van der Waals surface area contributed by atoms with Crippen molar-refractivity contribution in [3.8, 4) is 5.75 Å².